The molecule has 1 aliphatic heterocycles. The first-order chi connectivity index (χ1) is 8.78. The van der Waals surface area contributed by atoms with E-state index in [1.54, 1.807) is 12.4 Å². The zero-order valence-electron chi connectivity index (χ0n) is 10.8. The predicted molar refractivity (Wildman–Crippen MR) is 69.7 cm³/mol. The Morgan fingerprint density at radius 3 is 2.78 bits per heavy atom. The lowest BCUT2D eigenvalue weighted by Crippen LogP contribution is -2.29. The topological polar surface area (TPSA) is 76.3 Å². The molecule has 6 nitrogen and oxygen atoms in total. The van der Waals surface area contributed by atoms with Crippen molar-refractivity contribution in [3.63, 3.8) is 0 Å². The number of aromatic nitrogens is 2. The summed E-state index contributed by atoms with van der Waals surface area (Å²) >= 11 is 0. The van der Waals surface area contributed by atoms with Gasteiger partial charge in [0.05, 0.1) is 18.1 Å². The summed E-state index contributed by atoms with van der Waals surface area (Å²) in [6, 6.07) is 0. The Morgan fingerprint density at radius 2 is 2.17 bits per heavy atom. The number of nitrogens with one attached hydrogen (secondary N) is 1. The van der Waals surface area contributed by atoms with E-state index in [-0.39, 0.29) is 0 Å². The van der Waals surface area contributed by atoms with Gasteiger partial charge in [0.2, 0.25) is 0 Å². The van der Waals surface area contributed by atoms with Crippen molar-refractivity contribution >= 4 is 5.82 Å². The van der Waals surface area contributed by atoms with E-state index in [0.29, 0.717) is 5.82 Å². The first-order valence-corrected chi connectivity index (χ1v) is 6.31. The number of nitrogens with two attached hydrogens (primary N) is 1. The third-order valence-electron chi connectivity index (χ3n) is 3.20. The van der Waals surface area contributed by atoms with Crippen LogP contribution >= 0.6 is 0 Å². The molecule has 18 heavy (non-hydrogen) atoms. The molecule has 1 aromatic rings. The summed E-state index contributed by atoms with van der Waals surface area (Å²) < 4.78 is 5.37. The molecular formula is C12H21N5O. The molecule has 0 saturated carbocycles. The van der Waals surface area contributed by atoms with Crippen LogP contribution in [0.1, 0.15) is 18.5 Å². The van der Waals surface area contributed by atoms with Crippen molar-refractivity contribution in [2.24, 2.45) is 11.8 Å². The normalized spacial score (nSPS) is 17.1. The third kappa shape index (κ3) is 3.90. The molecule has 1 fully saturated rings. The summed E-state index contributed by atoms with van der Waals surface area (Å²) in [6.45, 7) is 3.70. The van der Waals surface area contributed by atoms with Gasteiger partial charge in [0, 0.05) is 26.3 Å². The van der Waals surface area contributed by atoms with E-state index < -0.39 is 0 Å². The lowest BCUT2D eigenvalue weighted by molar-refractivity contribution is 0.0548. The van der Waals surface area contributed by atoms with Crippen molar-refractivity contribution in [2.45, 2.75) is 19.4 Å². The SMILES string of the molecule is CN(Cc1cnc(NN)cn1)CC1CCOCC1. The minimum absolute atomic E-state index is 0.589. The second-order valence-corrected chi connectivity index (χ2v) is 4.79. The lowest BCUT2D eigenvalue weighted by atomic mass is 10.00. The summed E-state index contributed by atoms with van der Waals surface area (Å²) in [7, 11) is 2.12. The summed E-state index contributed by atoms with van der Waals surface area (Å²) in [4.78, 5) is 10.8. The number of anilines is 1. The standard InChI is InChI=1S/C12H21N5O/c1-17(8-10-2-4-18-5-3-10)9-11-6-15-12(16-13)7-14-11/h6-7,10H,2-5,8-9,13H2,1H3,(H,15,16). The van der Waals surface area contributed by atoms with E-state index in [1.165, 1.54) is 0 Å². The Kier molecular flexibility index (Phi) is 4.86. The molecule has 0 radical (unpaired) electrons. The molecule has 2 heterocycles. The van der Waals surface area contributed by atoms with E-state index in [0.717, 1.165) is 50.8 Å². The number of hydrazine groups is 1. The van der Waals surface area contributed by atoms with E-state index in [1.807, 2.05) is 0 Å². The van der Waals surface area contributed by atoms with Crippen LogP contribution in [0.5, 0.6) is 0 Å². The van der Waals surface area contributed by atoms with Gasteiger partial charge < -0.3 is 15.1 Å². The van der Waals surface area contributed by atoms with Crippen molar-refractivity contribution in [3.8, 4) is 0 Å². The molecule has 0 aliphatic carbocycles. The maximum Gasteiger partial charge on any atom is 0.158 e. The average Bonchev–Trinajstić information content (AvgIpc) is 2.40. The number of hydrogen-bond donors (Lipinski definition) is 2. The van der Waals surface area contributed by atoms with Crippen LogP contribution in [-0.2, 0) is 11.3 Å². The molecule has 1 saturated heterocycles. The molecule has 2 rings (SSSR count). The first-order valence-electron chi connectivity index (χ1n) is 6.31. The van der Waals surface area contributed by atoms with E-state index in [4.69, 9.17) is 10.6 Å². The Labute approximate surface area is 108 Å². The molecule has 0 aromatic carbocycles. The monoisotopic (exact) mass is 251 g/mol. The van der Waals surface area contributed by atoms with Gasteiger partial charge in [0.25, 0.3) is 0 Å². The van der Waals surface area contributed by atoms with Crippen LogP contribution in [-0.4, -0.2) is 41.7 Å². The molecule has 1 aromatic heterocycles. The second kappa shape index (κ2) is 6.63. The van der Waals surface area contributed by atoms with Gasteiger partial charge in [-0.1, -0.05) is 0 Å². The molecule has 0 spiro atoms. The van der Waals surface area contributed by atoms with Crippen molar-refractivity contribution in [1.82, 2.24) is 14.9 Å². The Morgan fingerprint density at radius 1 is 1.39 bits per heavy atom. The highest BCUT2D eigenvalue weighted by atomic mass is 16.5. The fraction of sp³-hybridized carbons (Fsp3) is 0.667. The van der Waals surface area contributed by atoms with Crippen molar-refractivity contribution in [2.75, 3.05) is 32.2 Å². The quantitative estimate of drug-likeness (QED) is 0.590. The molecule has 3 N–H and O–H groups in total. The van der Waals surface area contributed by atoms with E-state index >= 15 is 0 Å². The number of rotatable bonds is 5. The molecule has 1 aliphatic rings. The van der Waals surface area contributed by atoms with Crippen molar-refractivity contribution in [3.05, 3.63) is 18.1 Å². The maximum absolute atomic E-state index is 5.37. The Hall–Kier alpha value is -1.24. The predicted octanol–water partition coefficient (Wildman–Crippen LogP) is 0.621. The highest BCUT2D eigenvalue weighted by molar-refractivity contribution is 5.28. The highest BCUT2D eigenvalue weighted by Crippen LogP contribution is 2.16. The van der Waals surface area contributed by atoms with E-state index in [2.05, 4.69) is 27.3 Å². The summed E-state index contributed by atoms with van der Waals surface area (Å²) in [6.07, 6.45) is 5.73. The molecule has 0 atom stereocenters. The summed E-state index contributed by atoms with van der Waals surface area (Å²) in [5.74, 6) is 6.58. The zero-order valence-corrected chi connectivity index (χ0v) is 10.8. The molecule has 100 valence electrons. The molecular weight excluding hydrogens is 230 g/mol. The first kappa shape index (κ1) is 13.2. The number of ether oxygens (including phenoxy) is 1. The molecule has 0 bridgehead atoms. The van der Waals surface area contributed by atoms with Gasteiger partial charge in [-0.05, 0) is 25.8 Å². The van der Waals surface area contributed by atoms with Crippen LogP contribution in [0, 0.1) is 5.92 Å². The van der Waals surface area contributed by atoms with Crippen LogP contribution < -0.4 is 11.3 Å². The van der Waals surface area contributed by atoms with E-state index in [9.17, 15) is 0 Å². The minimum Gasteiger partial charge on any atom is -0.381 e. The van der Waals surface area contributed by atoms with Crippen LogP contribution in [0.2, 0.25) is 0 Å². The van der Waals surface area contributed by atoms with Crippen LogP contribution in [0.15, 0.2) is 12.4 Å². The lowest BCUT2D eigenvalue weighted by Gasteiger charge is -2.26. The molecule has 0 amide bonds. The number of nitrogen functional groups attached to an aromatic ring is 1. The van der Waals surface area contributed by atoms with Gasteiger partial charge in [-0.25, -0.2) is 10.8 Å². The van der Waals surface area contributed by atoms with Gasteiger partial charge >= 0.3 is 0 Å². The number of hydrogen-bond acceptors (Lipinski definition) is 6. The van der Waals surface area contributed by atoms with Gasteiger partial charge in [-0.15, -0.1) is 0 Å². The zero-order chi connectivity index (χ0) is 12.8. The van der Waals surface area contributed by atoms with Crippen LogP contribution in [0.25, 0.3) is 0 Å². The van der Waals surface area contributed by atoms with Crippen LogP contribution in [0.4, 0.5) is 5.82 Å². The van der Waals surface area contributed by atoms with Gasteiger partial charge in [0.1, 0.15) is 0 Å². The summed E-state index contributed by atoms with van der Waals surface area (Å²) in [5, 5.41) is 0. The highest BCUT2D eigenvalue weighted by Gasteiger charge is 2.15. The van der Waals surface area contributed by atoms with Gasteiger partial charge in [0.15, 0.2) is 5.82 Å². The summed E-state index contributed by atoms with van der Waals surface area (Å²) in [5.41, 5.74) is 3.43. The fourth-order valence-corrected chi connectivity index (χ4v) is 2.22. The Balaban J connectivity index is 1.80. The van der Waals surface area contributed by atoms with Gasteiger partial charge in [-0.3, -0.25) is 4.98 Å². The van der Waals surface area contributed by atoms with Gasteiger partial charge in [-0.2, -0.15) is 0 Å². The van der Waals surface area contributed by atoms with Crippen molar-refractivity contribution in [1.29, 1.82) is 0 Å². The fourth-order valence-electron chi connectivity index (χ4n) is 2.22. The molecule has 6 heteroatoms. The third-order valence-corrected chi connectivity index (χ3v) is 3.20. The second-order valence-electron chi connectivity index (χ2n) is 4.79. The molecule has 0 unspecified atom stereocenters. The minimum atomic E-state index is 0.589. The van der Waals surface area contributed by atoms with Crippen molar-refractivity contribution < 1.29 is 4.74 Å². The smallest absolute Gasteiger partial charge is 0.158 e. The largest absolute Gasteiger partial charge is 0.381 e. The maximum atomic E-state index is 5.37. The number of nitrogens with zero attached hydrogens (tertiary/aromatic N) is 3. The Bertz CT molecular complexity index is 350. The van der Waals surface area contributed by atoms with Crippen LogP contribution in [0.3, 0.4) is 0 Å². The average molecular weight is 251 g/mol.